The lowest BCUT2D eigenvalue weighted by molar-refractivity contribution is -0.173. The van der Waals surface area contributed by atoms with Crippen LogP contribution in [0.5, 0.6) is 0 Å². The van der Waals surface area contributed by atoms with E-state index in [4.69, 9.17) is 15.2 Å². The van der Waals surface area contributed by atoms with Gasteiger partial charge in [0.05, 0.1) is 16.9 Å². The number of nitrogens with two attached hydrogens (primary N) is 1. The van der Waals surface area contributed by atoms with Crippen molar-refractivity contribution >= 4 is 78.9 Å². The van der Waals surface area contributed by atoms with Gasteiger partial charge in [-0.1, -0.05) is 11.2 Å². The molecule has 226 valence electrons. The van der Waals surface area contributed by atoms with Crippen LogP contribution < -0.4 is 11.1 Å². The first-order valence-electron chi connectivity index (χ1n) is 12.2. The van der Waals surface area contributed by atoms with Crippen molar-refractivity contribution in [1.29, 1.82) is 0 Å². The molecule has 2 amide bonds. The Bertz CT molecular complexity index is 1560. The van der Waals surface area contributed by atoms with Crippen molar-refractivity contribution in [2.24, 2.45) is 10.6 Å². The number of oxime groups is 1. The number of carbonyl (C=O) groups is 4. The summed E-state index contributed by atoms with van der Waals surface area (Å²) in [5, 5.41) is 17.3. The summed E-state index contributed by atoms with van der Waals surface area (Å²) in [7, 11) is -3.76. The second kappa shape index (κ2) is 12.4. The standard InChI is InChI=1S/C24H27N5O9S4/c1-24(2,3)22(33)38-11-37-21(32)17-12(9-42(35,36)10-13-5-4-6-39-13)7-40-20-16(19(31)29(17)20)27-18(30)15(28-34)14-8-41-23(25)26-14/h4-6,8,16,20,34H,7,9-11H2,1-3H3,(H2,25,26)(H,27,30)/b28-15-/t16?,20-/m1/s1. The molecule has 42 heavy (non-hydrogen) atoms. The third-order valence-electron chi connectivity index (χ3n) is 5.94. The number of carbonyl (C=O) groups excluding carboxylic acids is 4. The third kappa shape index (κ3) is 6.93. The van der Waals surface area contributed by atoms with Crippen LogP contribution in [0.2, 0.25) is 0 Å². The van der Waals surface area contributed by atoms with E-state index in [0.717, 1.165) is 28.0 Å². The Kier molecular flexibility index (Phi) is 9.29. The summed E-state index contributed by atoms with van der Waals surface area (Å²) in [6, 6.07) is 2.26. The Morgan fingerprint density at radius 1 is 1.24 bits per heavy atom. The number of ether oxygens (including phenoxy) is 2. The fourth-order valence-electron chi connectivity index (χ4n) is 3.95. The summed E-state index contributed by atoms with van der Waals surface area (Å²) < 4.78 is 36.2. The molecular formula is C24H27N5O9S4. The van der Waals surface area contributed by atoms with Crippen molar-refractivity contribution in [2.75, 3.05) is 24.0 Å². The lowest BCUT2D eigenvalue weighted by atomic mass is 9.98. The molecule has 4 N–H and O–H groups in total. The zero-order valence-corrected chi connectivity index (χ0v) is 25.8. The minimum absolute atomic E-state index is 0.00428. The van der Waals surface area contributed by atoms with Gasteiger partial charge in [-0.3, -0.25) is 19.3 Å². The molecule has 0 saturated carbocycles. The Morgan fingerprint density at radius 3 is 2.57 bits per heavy atom. The molecule has 0 aromatic carbocycles. The highest BCUT2D eigenvalue weighted by Gasteiger charge is 2.55. The summed E-state index contributed by atoms with van der Waals surface area (Å²) in [4.78, 5) is 57.0. The van der Waals surface area contributed by atoms with E-state index in [0.29, 0.717) is 4.88 Å². The Labute approximate surface area is 252 Å². The number of rotatable bonds is 10. The molecule has 4 heterocycles. The number of thiazole rings is 1. The smallest absolute Gasteiger partial charge is 0.357 e. The third-order valence-corrected chi connectivity index (χ3v) is 10.5. The molecule has 2 aliphatic heterocycles. The van der Waals surface area contributed by atoms with E-state index >= 15 is 0 Å². The molecular weight excluding hydrogens is 631 g/mol. The summed E-state index contributed by atoms with van der Waals surface area (Å²) in [5.41, 5.74) is 4.10. The highest BCUT2D eigenvalue weighted by atomic mass is 32.2. The topological polar surface area (TPSA) is 208 Å². The molecule has 0 aliphatic carbocycles. The fourth-order valence-corrected chi connectivity index (χ4v) is 8.68. The zero-order valence-electron chi connectivity index (χ0n) is 22.6. The summed E-state index contributed by atoms with van der Waals surface area (Å²) >= 11 is 3.43. The van der Waals surface area contributed by atoms with Gasteiger partial charge in [0.2, 0.25) is 6.79 Å². The van der Waals surface area contributed by atoms with E-state index in [1.807, 2.05) is 0 Å². The van der Waals surface area contributed by atoms with Gasteiger partial charge in [-0.05, 0) is 37.8 Å². The van der Waals surface area contributed by atoms with Crippen molar-refractivity contribution in [3.05, 3.63) is 44.7 Å². The lowest BCUT2D eigenvalue weighted by Gasteiger charge is -2.49. The lowest BCUT2D eigenvalue weighted by Crippen LogP contribution is -2.71. The molecule has 1 unspecified atom stereocenters. The molecule has 4 rings (SSSR count). The van der Waals surface area contributed by atoms with E-state index in [1.54, 1.807) is 38.3 Å². The van der Waals surface area contributed by atoms with E-state index < -0.39 is 68.7 Å². The predicted molar refractivity (Wildman–Crippen MR) is 155 cm³/mol. The zero-order chi connectivity index (χ0) is 30.8. The molecule has 0 radical (unpaired) electrons. The van der Waals surface area contributed by atoms with E-state index in [2.05, 4.69) is 15.5 Å². The number of esters is 2. The highest BCUT2D eigenvalue weighted by molar-refractivity contribution is 8.00. The Morgan fingerprint density at radius 2 is 1.98 bits per heavy atom. The van der Waals surface area contributed by atoms with Crippen molar-refractivity contribution in [2.45, 2.75) is 37.9 Å². The average Bonchev–Trinajstić information content (AvgIpc) is 3.57. The van der Waals surface area contributed by atoms with Crippen LogP contribution in [0.4, 0.5) is 5.13 Å². The van der Waals surface area contributed by atoms with Gasteiger partial charge in [0, 0.05) is 16.0 Å². The molecule has 1 fully saturated rings. The number of nitrogens with zero attached hydrogens (tertiary/aromatic N) is 3. The molecule has 0 bridgehead atoms. The van der Waals surface area contributed by atoms with Crippen LogP contribution in [0.1, 0.15) is 31.3 Å². The van der Waals surface area contributed by atoms with Crippen molar-refractivity contribution in [3.63, 3.8) is 0 Å². The van der Waals surface area contributed by atoms with Crippen LogP contribution in [-0.4, -0.2) is 82.7 Å². The minimum atomic E-state index is -3.76. The number of amides is 2. The number of fused-ring (bicyclic) bond motifs is 1. The van der Waals surface area contributed by atoms with Crippen molar-refractivity contribution in [3.8, 4) is 0 Å². The van der Waals surface area contributed by atoms with Gasteiger partial charge in [-0.2, -0.15) is 0 Å². The van der Waals surface area contributed by atoms with Gasteiger partial charge in [0.25, 0.3) is 11.8 Å². The Hall–Kier alpha value is -3.48. The largest absolute Gasteiger partial charge is 0.427 e. The number of β-lactam (4-membered cyclic amide) rings is 1. The number of sulfone groups is 1. The van der Waals surface area contributed by atoms with Gasteiger partial charge in [-0.25, -0.2) is 18.2 Å². The molecule has 2 aliphatic rings. The number of aromatic nitrogens is 1. The predicted octanol–water partition coefficient (Wildman–Crippen LogP) is 1.32. The van der Waals surface area contributed by atoms with Crippen LogP contribution in [0.25, 0.3) is 0 Å². The first-order valence-corrected chi connectivity index (χ1v) is 16.8. The maximum atomic E-state index is 13.3. The van der Waals surface area contributed by atoms with Crippen LogP contribution in [-0.2, 0) is 44.2 Å². The van der Waals surface area contributed by atoms with E-state index in [1.165, 1.54) is 16.7 Å². The summed E-state index contributed by atoms with van der Waals surface area (Å²) in [6.07, 6.45) is 0. The van der Waals surface area contributed by atoms with Gasteiger partial charge in [0.15, 0.2) is 20.7 Å². The van der Waals surface area contributed by atoms with Crippen LogP contribution in [0.15, 0.2) is 39.3 Å². The minimum Gasteiger partial charge on any atom is -0.427 e. The summed E-state index contributed by atoms with van der Waals surface area (Å²) in [5.74, 6) is -4.08. The number of anilines is 1. The average molecular weight is 658 g/mol. The molecule has 0 spiro atoms. The molecule has 2 aromatic heterocycles. The van der Waals surface area contributed by atoms with Gasteiger partial charge in [-0.15, -0.1) is 34.4 Å². The normalized spacial score (nSPS) is 19.2. The van der Waals surface area contributed by atoms with E-state index in [9.17, 15) is 32.8 Å². The number of thioether (sulfide) groups is 1. The van der Waals surface area contributed by atoms with Crippen molar-refractivity contribution < 1.29 is 42.3 Å². The maximum Gasteiger partial charge on any atom is 0.357 e. The van der Waals surface area contributed by atoms with Crippen LogP contribution in [0.3, 0.4) is 0 Å². The number of thiophene rings is 1. The second-order valence-electron chi connectivity index (χ2n) is 10.2. The first kappa shape index (κ1) is 31.5. The Balaban J connectivity index is 1.55. The quantitative estimate of drug-likeness (QED) is 0.0826. The molecule has 2 atom stereocenters. The number of nitrogen functional groups attached to an aromatic ring is 1. The summed E-state index contributed by atoms with van der Waals surface area (Å²) in [6.45, 7) is 4.09. The second-order valence-corrected chi connectivity index (χ2v) is 15.3. The molecule has 18 heteroatoms. The fraction of sp³-hybridized carbons (Fsp3) is 0.417. The highest BCUT2D eigenvalue weighted by Crippen LogP contribution is 2.41. The monoisotopic (exact) mass is 657 g/mol. The van der Waals surface area contributed by atoms with Gasteiger partial charge in [0.1, 0.15) is 22.8 Å². The van der Waals surface area contributed by atoms with Crippen LogP contribution in [0, 0.1) is 5.41 Å². The van der Waals surface area contributed by atoms with Gasteiger partial charge < -0.3 is 25.7 Å². The molecule has 14 nitrogen and oxygen atoms in total. The molecule has 1 saturated heterocycles. The number of hydrogen-bond donors (Lipinski definition) is 3. The maximum absolute atomic E-state index is 13.3. The van der Waals surface area contributed by atoms with Gasteiger partial charge >= 0.3 is 11.9 Å². The van der Waals surface area contributed by atoms with Crippen LogP contribution >= 0.6 is 34.4 Å². The van der Waals surface area contributed by atoms with E-state index in [-0.39, 0.29) is 33.6 Å². The van der Waals surface area contributed by atoms with Crippen molar-refractivity contribution in [1.82, 2.24) is 15.2 Å². The first-order chi connectivity index (χ1) is 19.7. The number of nitrogens with one attached hydrogen (secondary N) is 1. The number of hydrogen-bond acceptors (Lipinski definition) is 15. The molecule has 2 aromatic rings. The SMILES string of the molecule is CC(C)(C)C(=O)OCOC(=O)C1=C(CS(=O)(=O)Cc2cccs2)CS[C@@H]2C(NC(=O)/C(=N\O)c3csc(N)n3)C(=O)N12.